The Morgan fingerprint density at radius 2 is 1.73 bits per heavy atom. The molecule has 49 heavy (non-hydrogen) atoms. The van der Waals surface area contributed by atoms with E-state index in [1.807, 2.05) is 0 Å². The molecule has 4 fully saturated rings. The average molecular weight is 686 g/mol. The summed E-state index contributed by atoms with van der Waals surface area (Å²) in [7, 11) is 1.68. The van der Waals surface area contributed by atoms with E-state index in [-0.39, 0.29) is 78.3 Å². The lowest BCUT2D eigenvalue weighted by Gasteiger charge is -2.44. The Balaban J connectivity index is 1.54. The van der Waals surface area contributed by atoms with E-state index in [0.717, 1.165) is 77.2 Å². The van der Waals surface area contributed by atoms with E-state index in [4.69, 9.17) is 10.5 Å². The Bertz CT molecular complexity index is 1120. The summed E-state index contributed by atoms with van der Waals surface area (Å²) >= 11 is 0. The number of ether oxygens (including phenoxy) is 1. The highest BCUT2D eigenvalue weighted by Crippen LogP contribution is 2.47. The second-order valence-electron chi connectivity index (χ2n) is 17.1. The molecule has 0 spiro atoms. The second kappa shape index (κ2) is 18.9. The summed E-state index contributed by atoms with van der Waals surface area (Å²) in [6.45, 7) is 3.14. The number of aliphatic hydroxyl groups is 3. The first-order valence-corrected chi connectivity index (χ1v) is 20.3. The Labute approximate surface area is 296 Å². The zero-order chi connectivity index (χ0) is 34.9. The van der Waals surface area contributed by atoms with Gasteiger partial charge < -0.3 is 25.4 Å². The number of nitrogens with two attached hydrogens (primary N) is 2. The number of ketones is 2. The van der Waals surface area contributed by atoms with Crippen molar-refractivity contribution in [2.75, 3.05) is 20.3 Å². The number of rotatable bonds is 10. The van der Waals surface area contributed by atoms with Gasteiger partial charge in [0, 0.05) is 44.3 Å². The quantitative estimate of drug-likeness (QED) is 0.170. The molecule has 0 amide bonds. The van der Waals surface area contributed by atoms with Crippen molar-refractivity contribution in [3.8, 4) is 11.8 Å². The first kappa shape index (κ1) is 38.9. The number of Topliss-reactive ketones (excluding diaryl/α,β-unsaturated/α-hetero) is 2. The van der Waals surface area contributed by atoms with Crippen LogP contribution in [-0.4, -0.2) is 71.6 Å². The molecule has 0 aromatic rings. The lowest BCUT2D eigenvalue weighted by molar-refractivity contribution is -0.699. The molecule has 8 nitrogen and oxygen atoms in total. The van der Waals surface area contributed by atoms with Gasteiger partial charge in [-0.2, -0.15) is 0 Å². The first-order valence-electron chi connectivity index (χ1n) is 20.3. The summed E-state index contributed by atoms with van der Waals surface area (Å²) in [6, 6.07) is 0. The minimum atomic E-state index is -0.611. The van der Waals surface area contributed by atoms with Gasteiger partial charge in [0.05, 0.1) is 31.3 Å². The fourth-order valence-electron chi connectivity index (χ4n) is 11.3. The van der Waals surface area contributed by atoms with E-state index in [1.54, 1.807) is 7.11 Å². The molecule has 1 saturated heterocycles. The van der Waals surface area contributed by atoms with Crippen LogP contribution >= 0.6 is 0 Å². The number of hydrogen-bond donors (Lipinski definition) is 5. The number of hydrogen-bond acceptors (Lipinski definition) is 7. The van der Waals surface area contributed by atoms with E-state index < -0.39 is 12.2 Å². The molecule has 1 heterocycles. The Kier molecular flexibility index (Phi) is 15.0. The summed E-state index contributed by atoms with van der Waals surface area (Å²) in [4.78, 5) is 27.9. The highest BCUT2D eigenvalue weighted by molar-refractivity contribution is 6.00. The molecule has 0 radical (unpaired) electrons. The van der Waals surface area contributed by atoms with Crippen molar-refractivity contribution < 1.29 is 35.0 Å². The maximum atomic E-state index is 14.3. The molecule has 4 aliphatic carbocycles. The highest BCUT2D eigenvalue weighted by atomic mass is 16.5. The third kappa shape index (κ3) is 10.4. The SMILES string of the molecule is CCCC(C(O)CCO)C1CC(CC2CC[NH2+]C(N)C2)CC2C#CC(C3CCCCC3)C3CC(O)C(OC)CC3CCC(=O)CC(=O)C2C1. The Morgan fingerprint density at radius 3 is 2.45 bits per heavy atom. The van der Waals surface area contributed by atoms with Gasteiger partial charge >= 0.3 is 0 Å². The summed E-state index contributed by atoms with van der Waals surface area (Å²) in [5.74, 6) is 9.49. The number of fused-ring (bicyclic) bond motifs is 2. The van der Waals surface area contributed by atoms with Gasteiger partial charge in [0.15, 0.2) is 0 Å². The number of aliphatic hydroxyl groups excluding tert-OH is 3. The van der Waals surface area contributed by atoms with Crippen molar-refractivity contribution in [2.24, 2.45) is 64.9 Å². The minimum absolute atomic E-state index is 0.00592. The summed E-state index contributed by atoms with van der Waals surface area (Å²) in [5, 5.41) is 34.6. The summed E-state index contributed by atoms with van der Waals surface area (Å²) in [6.07, 6.45) is 15.0. The number of carbonyl (C=O) groups excluding carboxylic acids is 2. The molecule has 13 atom stereocenters. The van der Waals surface area contributed by atoms with Crippen LogP contribution in [-0.2, 0) is 14.3 Å². The monoisotopic (exact) mass is 686 g/mol. The molecule has 0 aromatic carbocycles. The summed E-state index contributed by atoms with van der Waals surface area (Å²) in [5.41, 5.74) is 6.41. The fraction of sp³-hybridized carbons (Fsp3) is 0.902. The second-order valence-corrected chi connectivity index (χ2v) is 17.1. The van der Waals surface area contributed by atoms with Crippen LogP contribution in [0.25, 0.3) is 0 Å². The maximum Gasteiger partial charge on any atom is 0.144 e. The molecular weight excluding hydrogens is 616 g/mol. The van der Waals surface area contributed by atoms with Crippen molar-refractivity contribution in [3.05, 3.63) is 0 Å². The van der Waals surface area contributed by atoms with E-state index in [1.165, 1.54) is 19.3 Å². The van der Waals surface area contributed by atoms with Crippen LogP contribution in [0.1, 0.15) is 129 Å². The van der Waals surface area contributed by atoms with Crippen molar-refractivity contribution in [1.29, 1.82) is 0 Å². The highest BCUT2D eigenvalue weighted by Gasteiger charge is 2.45. The van der Waals surface area contributed by atoms with Gasteiger partial charge in [-0.1, -0.05) is 44.4 Å². The third-order valence-corrected chi connectivity index (χ3v) is 13.7. The Morgan fingerprint density at radius 1 is 0.939 bits per heavy atom. The smallest absolute Gasteiger partial charge is 0.144 e. The standard InChI is InChI=1S/C41H68N2O6/c1-3-7-34(37(46)15-17-44)31-20-27(18-26-14-16-43-41(42)21-26)19-29-11-13-33(28-8-5-4-6-9-28)35-25-39(48)40(49-2)23-30(35)10-12-32(45)24-38(47)36(29)22-31/h26-31,33-37,39-41,43-44,46,48H,3-10,12,14-25,42H2,1-2H3/p+1. The fourth-order valence-corrected chi connectivity index (χ4v) is 11.3. The van der Waals surface area contributed by atoms with Crippen molar-refractivity contribution in [3.63, 3.8) is 0 Å². The molecule has 0 bridgehead atoms. The van der Waals surface area contributed by atoms with E-state index in [2.05, 4.69) is 24.1 Å². The van der Waals surface area contributed by atoms with Gasteiger partial charge in [0.2, 0.25) is 0 Å². The van der Waals surface area contributed by atoms with E-state index >= 15 is 0 Å². The number of piperidine rings is 1. The van der Waals surface area contributed by atoms with Gasteiger partial charge in [-0.25, -0.2) is 0 Å². The largest absolute Gasteiger partial charge is 0.396 e. The normalized spacial score (nSPS) is 39.6. The number of carbonyl (C=O) groups is 2. The van der Waals surface area contributed by atoms with Crippen LogP contribution in [0, 0.1) is 71.0 Å². The van der Waals surface area contributed by atoms with Crippen LogP contribution in [0.2, 0.25) is 0 Å². The number of methoxy groups -OCH3 is 1. The van der Waals surface area contributed by atoms with Crippen LogP contribution in [0.4, 0.5) is 0 Å². The van der Waals surface area contributed by atoms with Crippen LogP contribution in [0.3, 0.4) is 0 Å². The average Bonchev–Trinajstić information content (AvgIpc) is 3.26. The molecule has 13 unspecified atom stereocenters. The van der Waals surface area contributed by atoms with Gasteiger partial charge in [0.25, 0.3) is 0 Å². The topological polar surface area (TPSA) is 147 Å². The molecular formula is C41H69N2O6+. The minimum Gasteiger partial charge on any atom is -0.396 e. The van der Waals surface area contributed by atoms with E-state index in [0.29, 0.717) is 43.4 Å². The molecule has 3 saturated carbocycles. The molecule has 7 N–H and O–H groups in total. The van der Waals surface area contributed by atoms with Crippen LogP contribution in [0.15, 0.2) is 0 Å². The zero-order valence-corrected chi connectivity index (χ0v) is 30.7. The van der Waals surface area contributed by atoms with Crippen molar-refractivity contribution >= 4 is 11.6 Å². The Hall–Kier alpha value is -1.34. The molecule has 8 heteroatoms. The molecule has 0 aromatic heterocycles. The zero-order valence-electron chi connectivity index (χ0n) is 30.7. The molecule has 1 aliphatic heterocycles. The predicted molar refractivity (Wildman–Crippen MR) is 191 cm³/mol. The predicted octanol–water partition coefficient (Wildman–Crippen LogP) is 4.37. The third-order valence-electron chi connectivity index (χ3n) is 13.7. The van der Waals surface area contributed by atoms with Crippen molar-refractivity contribution in [2.45, 2.75) is 153 Å². The molecule has 5 rings (SSSR count). The first-order chi connectivity index (χ1) is 23.7. The van der Waals surface area contributed by atoms with Crippen LogP contribution < -0.4 is 11.1 Å². The lowest BCUT2D eigenvalue weighted by Crippen LogP contribution is -2.94. The van der Waals surface area contributed by atoms with E-state index in [9.17, 15) is 24.9 Å². The van der Waals surface area contributed by atoms with Gasteiger partial charge in [-0.3, -0.25) is 15.3 Å². The lowest BCUT2D eigenvalue weighted by atomic mass is 9.63. The molecule has 278 valence electrons. The van der Waals surface area contributed by atoms with Gasteiger partial charge in [-0.05, 0) is 118 Å². The van der Waals surface area contributed by atoms with Crippen LogP contribution in [0.5, 0.6) is 0 Å². The maximum absolute atomic E-state index is 14.3. The van der Waals surface area contributed by atoms with Gasteiger partial charge in [0.1, 0.15) is 17.7 Å². The molecule has 5 aliphatic rings. The van der Waals surface area contributed by atoms with Gasteiger partial charge in [-0.15, -0.1) is 0 Å². The summed E-state index contributed by atoms with van der Waals surface area (Å²) < 4.78 is 5.73. The van der Waals surface area contributed by atoms with Crippen molar-refractivity contribution in [1.82, 2.24) is 0 Å². The number of quaternary nitrogens is 1.